The van der Waals surface area contributed by atoms with E-state index in [9.17, 15) is 22.8 Å². The normalized spacial score (nSPS) is 14.3. The second-order valence-electron chi connectivity index (χ2n) is 5.96. The van der Waals surface area contributed by atoms with E-state index in [4.69, 9.17) is 14.2 Å². The zero-order chi connectivity index (χ0) is 20.7. The van der Waals surface area contributed by atoms with Crippen molar-refractivity contribution >= 4 is 17.6 Å². The minimum absolute atomic E-state index is 0.0205. The molecule has 6 nitrogen and oxygen atoms in total. The lowest BCUT2D eigenvalue weighted by Crippen LogP contribution is -2.37. The van der Waals surface area contributed by atoms with E-state index in [-0.39, 0.29) is 24.9 Å². The van der Waals surface area contributed by atoms with Crippen molar-refractivity contribution in [3.63, 3.8) is 0 Å². The van der Waals surface area contributed by atoms with Crippen LogP contribution in [0.3, 0.4) is 0 Å². The molecule has 0 unspecified atom stereocenters. The summed E-state index contributed by atoms with van der Waals surface area (Å²) in [6.45, 7) is 3.95. The van der Waals surface area contributed by atoms with E-state index >= 15 is 0 Å². The highest BCUT2D eigenvalue weighted by Gasteiger charge is 2.28. The molecule has 0 saturated carbocycles. The van der Waals surface area contributed by atoms with Crippen LogP contribution in [-0.4, -0.2) is 44.4 Å². The van der Waals surface area contributed by atoms with Crippen LogP contribution >= 0.6 is 0 Å². The van der Waals surface area contributed by atoms with Gasteiger partial charge in [-0.25, -0.2) is 22.8 Å². The van der Waals surface area contributed by atoms with Crippen molar-refractivity contribution in [2.45, 2.75) is 32.7 Å². The number of carbonyl (C=O) groups excluding carboxylic acids is 2. The van der Waals surface area contributed by atoms with Gasteiger partial charge in [0.15, 0.2) is 23.0 Å². The third-order valence-electron chi connectivity index (χ3n) is 4.11. The molecule has 0 N–H and O–H groups in total. The molecule has 1 aliphatic rings. The number of anilines is 1. The Kier molecular flexibility index (Phi) is 7.86. The zero-order valence-electron chi connectivity index (χ0n) is 15.7. The summed E-state index contributed by atoms with van der Waals surface area (Å²) >= 11 is 0. The molecule has 0 radical (unpaired) electrons. The summed E-state index contributed by atoms with van der Waals surface area (Å²) in [4.78, 5) is 25.9. The van der Waals surface area contributed by atoms with Gasteiger partial charge in [0.2, 0.25) is 0 Å². The molecule has 28 heavy (non-hydrogen) atoms. The first-order valence-electron chi connectivity index (χ1n) is 8.95. The Morgan fingerprint density at radius 3 is 2.04 bits per heavy atom. The van der Waals surface area contributed by atoms with E-state index in [2.05, 4.69) is 0 Å². The maximum Gasteiger partial charge on any atom is 0.347 e. The Hall–Kier alpha value is -2.55. The molecule has 1 saturated heterocycles. The SMILES string of the molecule is CCOC(=O)C(=CN(c1cc(F)c(F)c(F)c1)C1CCOCC1)C(=O)OCC. The van der Waals surface area contributed by atoms with Crippen LogP contribution in [0, 0.1) is 17.5 Å². The molecule has 1 heterocycles. The highest BCUT2D eigenvalue weighted by Crippen LogP contribution is 2.28. The second-order valence-corrected chi connectivity index (χ2v) is 5.96. The Balaban J connectivity index is 2.53. The van der Waals surface area contributed by atoms with Gasteiger partial charge < -0.3 is 19.1 Å². The zero-order valence-corrected chi connectivity index (χ0v) is 15.7. The summed E-state index contributed by atoms with van der Waals surface area (Å²) in [5.41, 5.74) is -0.477. The number of benzene rings is 1. The first-order chi connectivity index (χ1) is 13.4. The molecule has 1 fully saturated rings. The van der Waals surface area contributed by atoms with Crippen LogP contribution in [0.1, 0.15) is 26.7 Å². The summed E-state index contributed by atoms with van der Waals surface area (Å²) in [6.07, 6.45) is 2.07. The standard InChI is InChI=1S/C19H22F3NO5/c1-3-27-18(24)14(19(25)28-4-2)11-23(12-5-7-26-8-6-12)13-9-15(20)17(22)16(21)10-13/h9-12H,3-8H2,1-2H3. The molecule has 0 atom stereocenters. The summed E-state index contributed by atoms with van der Waals surface area (Å²) < 4.78 is 56.1. The van der Waals surface area contributed by atoms with Crippen molar-refractivity contribution < 1.29 is 37.0 Å². The molecular weight excluding hydrogens is 379 g/mol. The Labute approximate surface area is 160 Å². The van der Waals surface area contributed by atoms with E-state index in [1.165, 1.54) is 4.90 Å². The maximum atomic E-state index is 13.8. The van der Waals surface area contributed by atoms with Gasteiger partial charge in [-0.1, -0.05) is 0 Å². The summed E-state index contributed by atoms with van der Waals surface area (Å²) in [5, 5.41) is 0. The van der Waals surface area contributed by atoms with Gasteiger partial charge in [0.25, 0.3) is 0 Å². The average molecular weight is 401 g/mol. The van der Waals surface area contributed by atoms with E-state index in [1.807, 2.05) is 0 Å². The van der Waals surface area contributed by atoms with Crippen molar-refractivity contribution in [2.75, 3.05) is 31.3 Å². The van der Waals surface area contributed by atoms with Crippen molar-refractivity contribution in [1.82, 2.24) is 0 Å². The number of carbonyl (C=O) groups is 2. The van der Waals surface area contributed by atoms with E-state index in [1.54, 1.807) is 13.8 Å². The highest BCUT2D eigenvalue weighted by molar-refractivity contribution is 6.14. The topological polar surface area (TPSA) is 65.1 Å². The van der Waals surface area contributed by atoms with Gasteiger partial charge in [-0.2, -0.15) is 0 Å². The first kappa shape index (κ1) is 21.7. The van der Waals surface area contributed by atoms with Gasteiger partial charge in [0.05, 0.1) is 13.2 Å². The third kappa shape index (κ3) is 5.25. The molecular formula is C19H22F3NO5. The van der Waals surface area contributed by atoms with Crippen LogP contribution in [-0.2, 0) is 23.8 Å². The fourth-order valence-corrected chi connectivity index (χ4v) is 2.79. The smallest absolute Gasteiger partial charge is 0.347 e. The van der Waals surface area contributed by atoms with Crippen LogP contribution in [0.5, 0.6) is 0 Å². The molecule has 0 aliphatic carbocycles. The lowest BCUT2D eigenvalue weighted by molar-refractivity contribution is -0.146. The quantitative estimate of drug-likeness (QED) is 0.230. The average Bonchev–Trinajstić information content (AvgIpc) is 2.67. The van der Waals surface area contributed by atoms with Crippen LogP contribution < -0.4 is 4.90 Å². The molecule has 2 rings (SSSR count). The molecule has 0 amide bonds. The van der Waals surface area contributed by atoms with Crippen molar-refractivity contribution in [1.29, 1.82) is 0 Å². The van der Waals surface area contributed by atoms with E-state index in [0.29, 0.717) is 26.1 Å². The minimum atomic E-state index is -1.60. The van der Waals surface area contributed by atoms with Crippen LogP contribution in [0.2, 0.25) is 0 Å². The fourth-order valence-electron chi connectivity index (χ4n) is 2.79. The van der Waals surface area contributed by atoms with Gasteiger partial charge in [0, 0.05) is 43.3 Å². The Bertz CT molecular complexity index is 704. The minimum Gasteiger partial charge on any atom is -0.462 e. The summed E-state index contributed by atoms with van der Waals surface area (Å²) in [7, 11) is 0. The molecule has 154 valence electrons. The largest absolute Gasteiger partial charge is 0.462 e. The molecule has 1 aromatic carbocycles. The van der Waals surface area contributed by atoms with Gasteiger partial charge in [0.1, 0.15) is 0 Å². The third-order valence-corrected chi connectivity index (χ3v) is 4.11. The first-order valence-corrected chi connectivity index (χ1v) is 8.95. The predicted molar refractivity (Wildman–Crippen MR) is 94.0 cm³/mol. The fraction of sp³-hybridized carbons (Fsp3) is 0.474. The maximum absolute atomic E-state index is 13.8. The van der Waals surface area contributed by atoms with Gasteiger partial charge in [-0.15, -0.1) is 0 Å². The van der Waals surface area contributed by atoms with Gasteiger partial charge in [-0.05, 0) is 26.7 Å². The van der Waals surface area contributed by atoms with Gasteiger partial charge in [-0.3, -0.25) is 0 Å². The highest BCUT2D eigenvalue weighted by atomic mass is 19.2. The van der Waals surface area contributed by atoms with Crippen LogP contribution in [0.25, 0.3) is 0 Å². The summed E-state index contributed by atoms with van der Waals surface area (Å²) in [6, 6.07) is 1.27. The number of rotatable bonds is 7. The number of esters is 2. The van der Waals surface area contributed by atoms with E-state index < -0.39 is 35.0 Å². The number of halogens is 3. The molecule has 0 bridgehead atoms. The second kappa shape index (κ2) is 10.1. The van der Waals surface area contributed by atoms with Crippen molar-refractivity contribution in [3.8, 4) is 0 Å². The van der Waals surface area contributed by atoms with E-state index in [0.717, 1.165) is 18.3 Å². The number of ether oxygens (including phenoxy) is 3. The Morgan fingerprint density at radius 1 is 1.07 bits per heavy atom. The van der Waals surface area contributed by atoms with Crippen LogP contribution in [0.15, 0.2) is 23.9 Å². The molecule has 1 aliphatic heterocycles. The van der Waals surface area contributed by atoms with Gasteiger partial charge >= 0.3 is 11.9 Å². The number of hydrogen-bond donors (Lipinski definition) is 0. The predicted octanol–water partition coefficient (Wildman–Crippen LogP) is 3.10. The van der Waals surface area contributed by atoms with Crippen LogP contribution in [0.4, 0.5) is 18.9 Å². The Morgan fingerprint density at radius 2 is 1.57 bits per heavy atom. The lowest BCUT2D eigenvalue weighted by Gasteiger charge is -2.34. The van der Waals surface area contributed by atoms with Crippen molar-refractivity contribution in [3.05, 3.63) is 41.4 Å². The summed E-state index contributed by atoms with van der Waals surface area (Å²) in [5.74, 6) is -6.22. The number of hydrogen-bond acceptors (Lipinski definition) is 6. The van der Waals surface area contributed by atoms with Crippen molar-refractivity contribution in [2.24, 2.45) is 0 Å². The molecule has 0 aromatic heterocycles. The number of nitrogens with zero attached hydrogens (tertiary/aromatic N) is 1. The molecule has 0 spiro atoms. The molecule has 9 heteroatoms. The monoisotopic (exact) mass is 401 g/mol. The lowest BCUT2D eigenvalue weighted by atomic mass is 10.1. The molecule has 1 aromatic rings.